The molecule has 4 aromatic rings. The summed E-state index contributed by atoms with van der Waals surface area (Å²) >= 11 is 7.86. The summed E-state index contributed by atoms with van der Waals surface area (Å²) < 4.78 is 18.4. The molecule has 0 aliphatic heterocycles. The third-order valence-corrected chi connectivity index (χ3v) is 6.19. The van der Waals surface area contributed by atoms with Crippen LogP contribution in [0.25, 0.3) is 5.69 Å². The third-order valence-electron chi connectivity index (χ3n) is 4.87. The normalized spacial score (nSPS) is 11.2. The van der Waals surface area contributed by atoms with E-state index >= 15 is 0 Å². The molecule has 2 heterocycles. The number of rotatable bonds is 9. The zero-order chi connectivity index (χ0) is 23.4. The Morgan fingerprint density at radius 1 is 1.09 bits per heavy atom. The van der Waals surface area contributed by atoms with Crippen LogP contribution in [0.5, 0.6) is 11.5 Å². The van der Waals surface area contributed by atoms with Gasteiger partial charge in [-0.05, 0) is 48.9 Å². The first-order chi connectivity index (χ1) is 15.9. The Balaban J connectivity index is 1.58. The molecule has 10 heteroatoms. The van der Waals surface area contributed by atoms with Gasteiger partial charge < -0.3 is 14.0 Å². The molecule has 0 fully saturated rings. The molecule has 0 bridgehead atoms. The minimum absolute atomic E-state index is 0.201. The molecule has 33 heavy (non-hydrogen) atoms. The van der Waals surface area contributed by atoms with Gasteiger partial charge >= 0.3 is 0 Å². The predicted octanol–water partition coefficient (Wildman–Crippen LogP) is 5.62. The number of nitrogens with zero attached hydrogens (tertiary/aromatic N) is 5. The summed E-state index contributed by atoms with van der Waals surface area (Å²) in [5.41, 5.74) is 1.84. The van der Waals surface area contributed by atoms with Crippen molar-refractivity contribution in [1.82, 2.24) is 24.9 Å². The monoisotopic (exact) mass is 485 g/mol. The van der Waals surface area contributed by atoms with Gasteiger partial charge in [-0.3, -0.25) is 4.57 Å². The smallest absolute Gasteiger partial charge is 0.237 e. The van der Waals surface area contributed by atoms with E-state index in [4.69, 9.17) is 25.6 Å². The largest absolute Gasteiger partial charge is 0.497 e. The summed E-state index contributed by atoms with van der Waals surface area (Å²) in [7, 11) is 1.63. The number of benzene rings is 2. The Kier molecular flexibility index (Phi) is 7.20. The second-order valence-electron chi connectivity index (χ2n) is 7.62. The lowest BCUT2D eigenvalue weighted by Crippen LogP contribution is -2.07. The number of hydrogen-bond donors (Lipinski definition) is 0. The second kappa shape index (κ2) is 10.3. The molecule has 2 aromatic heterocycles. The predicted molar refractivity (Wildman–Crippen MR) is 126 cm³/mol. The van der Waals surface area contributed by atoms with Crippen LogP contribution in [-0.4, -0.2) is 32.0 Å². The van der Waals surface area contributed by atoms with Crippen LogP contribution in [0.2, 0.25) is 5.02 Å². The van der Waals surface area contributed by atoms with Gasteiger partial charge in [-0.15, -0.1) is 10.2 Å². The van der Waals surface area contributed by atoms with E-state index in [-0.39, 0.29) is 12.5 Å². The Labute approximate surface area is 201 Å². The molecule has 0 saturated heterocycles. The summed E-state index contributed by atoms with van der Waals surface area (Å²) in [5, 5.41) is 14.1. The van der Waals surface area contributed by atoms with E-state index in [1.54, 1.807) is 7.11 Å². The molecular formula is C23H24ClN5O3S. The van der Waals surface area contributed by atoms with E-state index in [0.29, 0.717) is 39.2 Å². The first-order valence-electron chi connectivity index (χ1n) is 10.4. The molecule has 0 radical (unpaired) electrons. The molecule has 4 rings (SSSR count). The number of methoxy groups -OCH3 is 1. The molecule has 8 nitrogen and oxygen atoms in total. The Bertz CT molecular complexity index is 1220. The number of aryl methyl sites for hydroxylation is 1. The average Bonchev–Trinajstić information content (AvgIpc) is 3.45. The lowest BCUT2D eigenvalue weighted by Gasteiger charge is -2.12. The van der Waals surface area contributed by atoms with Crippen LogP contribution in [0.3, 0.4) is 0 Å². The van der Waals surface area contributed by atoms with Crippen LogP contribution in [0, 0.1) is 6.92 Å². The second-order valence-corrected chi connectivity index (χ2v) is 8.97. The van der Waals surface area contributed by atoms with Gasteiger partial charge in [-0.2, -0.15) is 4.98 Å². The number of aromatic nitrogens is 5. The molecule has 0 aliphatic carbocycles. The standard InChI is InChI=1S/C23H24ClN5O3S/c1-14(2)22-25-21(32-28-22)13-33-23-27-26-20(12-31-18-9-7-17(30-4)8-10-18)29(23)16-6-5-15(3)19(24)11-16/h5-11,14H,12-13H2,1-4H3. The van der Waals surface area contributed by atoms with Crippen LogP contribution in [0.1, 0.15) is 42.9 Å². The zero-order valence-corrected chi connectivity index (χ0v) is 20.4. The van der Waals surface area contributed by atoms with Crippen molar-refractivity contribution in [2.45, 2.75) is 44.2 Å². The SMILES string of the molecule is COc1ccc(OCc2nnc(SCc3nc(C(C)C)no3)n2-c2ccc(C)c(Cl)c2)cc1. The topological polar surface area (TPSA) is 88.1 Å². The molecular weight excluding hydrogens is 462 g/mol. The molecule has 0 saturated carbocycles. The van der Waals surface area contributed by atoms with Crippen molar-refractivity contribution < 1.29 is 14.0 Å². The molecule has 0 N–H and O–H groups in total. The highest BCUT2D eigenvalue weighted by atomic mass is 35.5. The van der Waals surface area contributed by atoms with Crippen molar-refractivity contribution in [3.63, 3.8) is 0 Å². The average molecular weight is 486 g/mol. The van der Waals surface area contributed by atoms with Crippen LogP contribution >= 0.6 is 23.4 Å². The highest BCUT2D eigenvalue weighted by Gasteiger charge is 2.18. The molecule has 0 unspecified atom stereocenters. The van der Waals surface area contributed by atoms with E-state index < -0.39 is 0 Å². The van der Waals surface area contributed by atoms with Gasteiger partial charge in [0, 0.05) is 10.9 Å². The van der Waals surface area contributed by atoms with E-state index in [1.807, 2.05) is 67.8 Å². The number of halogens is 1. The highest BCUT2D eigenvalue weighted by molar-refractivity contribution is 7.98. The minimum Gasteiger partial charge on any atom is -0.497 e. The molecule has 0 atom stereocenters. The van der Waals surface area contributed by atoms with E-state index in [1.165, 1.54) is 11.8 Å². The number of hydrogen-bond acceptors (Lipinski definition) is 8. The maximum Gasteiger partial charge on any atom is 0.237 e. The lowest BCUT2D eigenvalue weighted by molar-refractivity contribution is 0.292. The third kappa shape index (κ3) is 5.48. The van der Waals surface area contributed by atoms with E-state index in [0.717, 1.165) is 17.0 Å². The van der Waals surface area contributed by atoms with Crippen LogP contribution in [0.15, 0.2) is 52.1 Å². The van der Waals surface area contributed by atoms with Gasteiger partial charge in [0.15, 0.2) is 16.8 Å². The molecule has 172 valence electrons. The van der Waals surface area contributed by atoms with Crippen LogP contribution < -0.4 is 9.47 Å². The van der Waals surface area contributed by atoms with Gasteiger partial charge in [-0.25, -0.2) is 0 Å². The summed E-state index contributed by atoms with van der Waals surface area (Å²) in [6.07, 6.45) is 0. The van der Waals surface area contributed by atoms with Crippen LogP contribution in [-0.2, 0) is 12.4 Å². The maximum atomic E-state index is 6.40. The van der Waals surface area contributed by atoms with Crippen LogP contribution in [0.4, 0.5) is 0 Å². The van der Waals surface area contributed by atoms with Gasteiger partial charge in [0.25, 0.3) is 0 Å². The minimum atomic E-state index is 0.201. The fourth-order valence-corrected chi connectivity index (χ4v) is 3.96. The van der Waals surface area contributed by atoms with Gasteiger partial charge in [0.2, 0.25) is 5.89 Å². The van der Waals surface area contributed by atoms with Gasteiger partial charge in [0.1, 0.15) is 18.1 Å². The fraction of sp³-hybridized carbons (Fsp3) is 0.304. The number of ether oxygens (including phenoxy) is 2. The zero-order valence-electron chi connectivity index (χ0n) is 18.8. The number of thioether (sulfide) groups is 1. The summed E-state index contributed by atoms with van der Waals surface area (Å²) in [6.45, 7) is 6.23. The first-order valence-corrected chi connectivity index (χ1v) is 11.7. The van der Waals surface area contributed by atoms with Crippen molar-refractivity contribution in [3.8, 4) is 17.2 Å². The summed E-state index contributed by atoms with van der Waals surface area (Å²) in [4.78, 5) is 4.44. The Hall–Kier alpha value is -3.04. The first kappa shape index (κ1) is 23.1. The van der Waals surface area contributed by atoms with E-state index in [2.05, 4.69) is 20.3 Å². The van der Waals surface area contributed by atoms with Gasteiger partial charge in [-0.1, -0.05) is 48.4 Å². The maximum absolute atomic E-state index is 6.40. The highest BCUT2D eigenvalue weighted by Crippen LogP contribution is 2.28. The van der Waals surface area contributed by atoms with E-state index in [9.17, 15) is 0 Å². The summed E-state index contributed by atoms with van der Waals surface area (Å²) in [5.74, 6) is 4.00. The van der Waals surface area contributed by atoms with Crippen molar-refractivity contribution in [1.29, 1.82) is 0 Å². The van der Waals surface area contributed by atoms with Gasteiger partial charge in [0.05, 0.1) is 18.6 Å². The molecule has 0 spiro atoms. The lowest BCUT2D eigenvalue weighted by atomic mass is 10.2. The Morgan fingerprint density at radius 2 is 1.85 bits per heavy atom. The molecule has 2 aromatic carbocycles. The quantitative estimate of drug-likeness (QED) is 0.282. The Morgan fingerprint density at radius 3 is 2.52 bits per heavy atom. The van der Waals surface area contributed by atoms with Crippen molar-refractivity contribution in [3.05, 3.63) is 70.6 Å². The summed E-state index contributed by atoms with van der Waals surface area (Å²) in [6, 6.07) is 13.2. The van der Waals surface area contributed by atoms with Crippen molar-refractivity contribution >= 4 is 23.4 Å². The fourth-order valence-electron chi connectivity index (χ4n) is 2.97. The van der Waals surface area contributed by atoms with Crippen molar-refractivity contribution in [2.24, 2.45) is 0 Å². The van der Waals surface area contributed by atoms with Crippen molar-refractivity contribution in [2.75, 3.05) is 7.11 Å². The molecule has 0 amide bonds. The molecule has 0 aliphatic rings.